The van der Waals surface area contributed by atoms with E-state index in [4.69, 9.17) is 9.16 Å². The highest BCUT2D eigenvalue weighted by Gasteiger charge is 2.49. The average Bonchev–Trinajstić information content (AvgIpc) is 3.28. The lowest BCUT2D eigenvalue weighted by molar-refractivity contribution is -0.139. The number of rotatable bonds is 4. The molecule has 3 aromatic carbocycles. The Kier molecular flexibility index (Phi) is 5.73. The summed E-state index contributed by atoms with van der Waals surface area (Å²) < 4.78 is 11.6. The van der Waals surface area contributed by atoms with E-state index in [1.165, 1.54) is 11.1 Å². The van der Waals surface area contributed by atoms with Crippen LogP contribution in [-0.2, 0) is 31.2 Å². The van der Waals surface area contributed by atoms with Crippen LogP contribution in [0.3, 0.4) is 0 Å². The zero-order valence-electron chi connectivity index (χ0n) is 19.9. The normalized spacial score (nSPS) is 19.5. The quantitative estimate of drug-likeness (QED) is 0.355. The SMILES string of the molecule is CC(C)(C)c1cccc2c1CC(c1ccccc1)(c1ccccc1)C(O[Si])=C2C1CCOC1=O. The summed E-state index contributed by atoms with van der Waals surface area (Å²) in [7, 11) is 3.45. The fourth-order valence-corrected chi connectivity index (χ4v) is 6.04. The lowest BCUT2D eigenvalue weighted by Gasteiger charge is -2.44. The molecule has 0 spiro atoms. The van der Waals surface area contributed by atoms with Crippen molar-refractivity contribution in [3.8, 4) is 0 Å². The van der Waals surface area contributed by atoms with Crippen LogP contribution in [0.15, 0.2) is 84.6 Å². The Morgan fingerprint density at radius 3 is 2.03 bits per heavy atom. The average molecular weight is 466 g/mol. The third-order valence-electron chi connectivity index (χ3n) is 7.27. The zero-order chi connectivity index (χ0) is 23.9. The van der Waals surface area contributed by atoms with Gasteiger partial charge >= 0.3 is 16.5 Å². The van der Waals surface area contributed by atoms with Crippen molar-refractivity contribution in [1.29, 1.82) is 0 Å². The van der Waals surface area contributed by atoms with E-state index in [0.717, 1.165) is 34.4 Å². The van der Waals surface area contributed by atoms with E-state index in [1.54, 1.807) is 0 Å². The van der Waals surface area contributed by atoms with Gasteiger partial charge in [0.25, 0.3) is 0 Å². The van der Waals surface area contributed by atoms with E-state index in [0.29, 0.717) is 13.0 Å². The molecule has 0 aromatic heterocycles. The monoisotopic (exact) mass is 465 g/mol. The number of cyclic esters (lactones) is 1. The highest BCUT2D eigenvalue weighted by Crippen LogP contribution is 2.53. The first-order valence-corrected chi connectivity index (χ1v) is 12.3. The Labute approximate surface area is 205 Å². The lowest BCUT2D eigenvalue weighted by Crippen LogP contribution is -2.40. The van der Waals surface area contributed by atoms with Gasteiger partial charge in [-0.1, -0.05) is 99.6 Å². The number of allylic oxidation sites excluding steroid dienone is 1. The molecule has 171 valence electrons. The van der Waals surface area contributed by atoms with Crippen molar-refractivity contribution in [1.82, 2.24) is 0 Å². The predicted molar refractivity (Wildman–Crippen MR) is 135 cm³/mol. The van der Waals surface area contributed by atoms with Crippen molar-refractivity contribution in [3.63, 3.8) is 0 Å². The molecular weight excluding hydrogens is 436 g/mol. The number of esters is 1. The third-order valence-corrected chi connectivity index (χ3v) is 7.47. The van der Waals surface area contributed by atoms with Gasteiger partial charge in [0.2, 0.25) is 0 Å². The summed E-state index contributed by atoms with van der Waals surface area (Å²) in [6.45, 7) is 7.18. The molecule has 3 radical (unpaired) electrons. The Bertz CT molecular complexity index is 1200. The fraction of sp³-hybridized carbons (Fsp3) is 0.300. The molecule has 3 nitrogen and oxygen atoms in total. The molecule has 2 aliphatic rings. The van der Waals surface area contributed by atoms with Crippen LogP contribution in [0.25, 0.3) is 5.57 Å². The molecule has 3 aromatic rings. The van der Waals surface area contributed by atoms with Gasteiger partial charge in [0.15, 0.2) is 0 Å². The van der Waals surface area contributed by atoms with Gasteiger partial charge in [-0.25, -0.2) is 0 Å². The molecule has 0 N–H and O–H groups in total. The number of carbonyl (C=O) groups is 1. The van der Waals surface area contributed by atoms with Gasteiger partial charge in [-0.05, 0) is 46.1 Å². The Morgan fingerprint density at radius 1 is 0.912 bits per heavy atom. The number of carbonyl (C=O) groups excluding carboxylic acids is 1. The van der Waals surface area contributed by atoms with Crippen LogP contribution in [0.5, 0.6) is 0 Å². The van der Waals surface area contributed by atoms with Gasteiger partial charge in [-0.15, -0.1) is 0 Å². The van der Waals surface area contributed by atoms with E-state index in [9.17, 15) is 4.79 Å². The molecule has 1 fully saturated rings. The minimum atomic E-state index is -0.600. The molecule has 34 heavy (non-hydrogen) atoms. The molecule has 5 rings (SSSR count). The maximum atomic E-state index is 13.0. The standard InChI is InChI=1S/C30H29O3Si/c1-29(2,3)25-16-10-15-22-24(25)19-30(20-11-6-4-7-12-20,21-13-8-5-9-14-21)27(33-34)26(22)23-17-18-32-28(23)31/h4-16,23H,17-19H2,1-3H3. The number of hydrogen-bond acceptors (Lipinski definition) is 3. The fourth-order valence-electron chi connectivity index (χ4n) is 5.75. The van der Waals surface area contributed by atoms with E-state index in [-0.39, 0.29) is 17.3 Å². The largest absolute Gasteiger partial charge is 0.542 e. The van der Waals surface area contributed by atoms with Gasteiger partial charge in [-0.3, -0.25) is 4.79 Å². The minimum Gasteiger partial charge on any atom is -0.542 e. The Balaban J connectivity index is 1.93. The second-order valence-corrected chi connectivity index (χ2v) is 10.5. The number of ether oxygens (including phenoxy) is 1. The summed E-state index contributed by atoms with van der Waals surface area (Å²) >= 11 is 0. The maximum absolute atomic E-state index is 13.0. The summed E-state index contributed by atoms with van der Waals surface area (Å²) in [5.74, 6) is 0.219. The lowest BCUT2D eigenvalue weighted by atomic mass is 9.61. The highest BCUT2D eigenvalue weighted by molar-refractivity contribution is 6.01. The smallest absolute Gasteiger partial charge is 0.340 e. The molecule has 1 unspecified atom stereocenters. The molecule has 1 saturated heterocycles. The van der Waals surface area contributed by atoms with Gasteiger partial charge in [0.05, 0.1) is 23.7 Å². The van der Waals surface area contributed by atoms with Crippen LogP contribution < -0.4 is 0 Å². The van der Waals surface area contributed by atoms with Gasteiger partial charge in [0.1, 0.15) is 0 Å². The van der Waals surface area contributed by atoms with Gasteiger partial charge < -0.3 is 9.16 Å². The Morgan fingerprint density at radius 2 is 1.53 bits per heavy atom. The second-order valence-electron chi connectivity index (χ2n) is 10.2. The third kappa shape index (κ3) is 3.52. The number of fused-ring (bicyclic) bond motifs is 1. The second kappa shape index (κ2) is 8.59. The summed E-state index contributed by atoms with van der Waals surface area (Å²) in [5.41, 5.74) is 6.18. The van der Waals surface area contributed by atoms with Crippen molar-refractivity contribution < 1.29 is 14.0 Å². The molecule has 1 atom stereocenters. The van der Waals surface area contributed by atoms with E-state index < -0.39 is 5.41 Å². The minimum absolute atomic E-state index is 0.0575. The van der Waals surface area contributed by atoms with Crippen molar-refractivity contribution in [2.45, 2.75) is 44.4 Å². The van der Waals surface area contributed by atoms with Crippen molar-refractivity contribution in [3.05, 3.63) is 112 Å². The predicted octanol–water partition coefficient (Wildman–Crippen LogP) is 5.90. The molecule has 1 aliphatic heterocycles. The van der Waals surface area contributed by atoms with Crippen LogP contribution in [0.1, 0.15) is 55.0 Å². The molecular formula is C30H29O3Si. The van der Waals surface area contributed by atoms with Crippen molar-refractivity contribution >= 4 is 22.0 Å². The van der Waals surface area contributed by atoms with Crippen molar-refractivity contribution in [2.75, 3.05) is 6.61 Å². The molecule has 4 heteroatoms. The molecule has 1 heterocycles. The maximum Gasteiger partial charge on any atom is 0.340 e. The van der Waals surface area contributed by atoms with Crippen LogP contribution in [0.4, 0.5) is 0 Å². The molecule has 0 saturated carbocycles. The van der Waals surface area contributed by atoms with Crippen LogP contribution in [-0.4, -0.2) is 23.1 Å². The van der Waals surface area contributed by atoms with Gasteiger partial charge in [0, 0.05) is 5.57 Å². The first-order chi connectivity index (χ1) is 16.4. The summed E-state index contributed by atoms with van der Waals surface area (Å²) in [5, 5.41) is 0. The number of hydrogen-bond donors (Lipinski definition) is 0. The first kappa shape index (κ1) is 22.7. The topological polar surface area (TPSA) is 35.5 Å². The highest BCUT2D eigenvalue weighted by atomic mass is 28.2. The Hall–Kier alpha value is -3.11. The van der Waals surface area contributed by atoms with Gasteiger partial charge in [-0.2, -0.15) is 0 Å². The van der Waals surface area contributed by atoms with E-state index in [1.807, 2.05) is 12.1 Å². The van der Waals surface area contributed by atoms with E-state index in [2.05, 4.69) is 98.0 Å². The van der Waals surface area contributed by atoms with Crippen molar-refractivity contribution in [2.24, 2.45) is 5.92 Å². The van der Waals surface area contributed by atoms with Crippen LogP contribution in [0.2, 0.25) is 0 Å². The molecule has 1 aliphatic carbocycles. The number of benzene rings is 3. The van der Waals surface area contributed by atoms with E-state index >= 15 is 0 Å². The first-order valence-electron chi connectivity index (χ1n) is 11.9. The van der Waals surface area contributed by atoms with Crippen LogP contribution in [0, 0.1) is 5.92 Å². The summed E-state index contributed by atoms with van der Waals surface area (Å²) in [6, 6.07) is 27.4. The zero-order valence-corrected chi connectivity index (χ0v) is 20.9. The summed E-state index contributed by atoms with van der Waals surface area (Å²) in [6.07, 6.45) is 1.38. The molecule has 0 bridgehead atoms. The summed E-state index contributed by atoms with van der Waals surface area (Å²) in [4.78, 5) is 13.0. The molecule has 0 amide bonds. The van der Waals surface area contributed by atoms with Crippen LogP contribution >= 0.6 is 0 Å².